The van der Waals surface area contributed by atoms with Gasteiger partial charge in [-0.05, 0) is 48.8 Å². The molecule has 1 unspecified atom stereocenters. The van der Waals surface area contributed by atoms with E-state index in [1.807, 2.05) is 6.07 Å². The van der Waals surface area contributed by atoms with Crippen LogP contribution in [0.4, 0.5) is 0 Å². The lowest BCUT2D eigenvalue weighted by Crippen LogP contribution is -1.96. The third kappa shape index (κ3) is 3.69. The molecule has 0 aliphatic rings. The summed E-state index contributed by atoms with van der Waals surface area (Å²) >= 11 is 1.70. The minimum atomic E-state index is -0.302. The lowest BCUT2D eigenvalue weighted by atomic mass is 10.0. The van der Waals surface area contributed by atoms with Crippen LogP contribution in [-0.4, -0.2) is 5.11 Å². The first-order valence-electron chi connectivity index (χ1n) is 6.03. The number of aliphatic hydroxyl groups excluding tert-OH is 1. The number of hydrogen-bond acceptors (Lipinski definition) is 2. The molecule has 0 bridgehead atoms. The SMILES string of the molecule is Cc1cc(C(O)CCCc2ccccc2)cs1. The van der Waals surface area contributed by atoms with Gasteiger partial charge in [0.15, 0.2) is 0 Å². The van der Waals surface area contributed by atoms with E-state index in [1.165, 1.54) is 10.4 Å². The molecule has 0 aliphatic carbocycles. The van der Waals surface area contributed by atoms with Gasteiger partial charge in [-0.3, -0.25) is 0 Å². The van der Waals surface area contributed by atoms with Crippen LogP contribution in [0.2, 0.25) is 0 Å². The first-order valence-corrected chi connectivity index (χ1v) is 6.90. The molecule has 0 saturated carbocycles. The van der Waals surface area contributed by atoms with Crippen molar-refractivity contribution >= 4 is 11.3 Å². The van der Waals surface area contributed by atoms with Crippen molar-refractivity contribution in [2.45, 2.75) is 32.3 Å². The van der Waals surface area contributed by atoms with Gasteiger partial charge in [0.2, 0.25) is 0 Å². The molecule has 1 nitrogen and oxygen atoms in total. The summed E-state index contributed by atoms with van der Waals surface area (Å²) in [6.45, 7) is 2.07. The van der Waals surface area contributed by atoms with E-state index in [4.69, 9.17) is 0 Å². The van der Waals surface area contributed by atoms with E-state index < -0.39 is 0 Å². The predicted octanol–water partition coefficient (Wildman–Crippen LogP) is 4.11. The Balaban J connectivity index is 1.79. The fourth-order valence-electron chi connectivity index (χ4n) is 1.95. The highest BCUT2D eigenvalue weighted by Crippen LogP contribution is 2.24. The molecular weight excluding hydrogens is 228 g/mol. The lowest BCUT2D eigenvalue weighted by molar-refractivity contribution is 0.165. The molecule has 1 aromatic heterocycles. The quantitative estimate of drug-likeness (QED) is 0.841. The Morgan fingerprint density at radius 2 is 2.00 bits per heavy atom. The van der Waals surface area contributed by atoms with Crippen LogP contribution in [0.25, 0.3) is 0 Å². The number of aryl methyl sites for hydroxylation is 2. The maximum Gasteiger partial charge on any atom is 0.0798 e. The summed E-state index contributed by atoms with van der Waals surface area (Å²) in [5, 5.41) is 12.1. The maximum atomic E-state index is 10.0. The molecule has 2 rings (SSSR count). The van der Waals surface area contributed by atoms with Crippen LogP contribution in [0.15, 0.2) is 41.8 Å². The van der Waals surface area contributed by atoms with Gasteiger partial charge in [0.1, 0.15) is 0 Å². The summed E-state index contributed by atoms with van der Waals surface area (Å²) in [6.07, 6.45) is 2.61. The first-order chi connectivity index (χ1) is 8.25. The van der Waals surface area contributed by atoms with Crippen LogP contribution in [0.1, 0.15) is 34.9 Å². The summed E-state index contributed by atoms with van der Waals surface area (Å²) < 4.78 is 0. The second-order valence-corrected chi connectivity index (χ2v) is 5.50. The molecular formula is C15H18OS. The zero-order valence-electron chi connectivity index (χ0n) is 10.1. The van der Waals surface area contributed by atoms with Gasteiger partial charge < -0.3 is 5.11 Å². The van der Waals surface area contributed by atoms with Crippen LogP contribution in [0.3, 0.4) is 0 Å². The minimum absolute atomic E-state index is 0.302. The first kappa shape index (κ1) is 12.3. The molecule has 0 radical (unpaired) electrons. The summed E-state index contributed by atoms with van der Waals surface area (Å²) in [5.74, 6) is 0. The molecule has 0 fully saturated rings. The average molecular weight is 246 g/mol. The topological polar surface area (TPSA) is 20.2 Å². The number of hydrogen-bond donors (Lipinski definition) is 1. The van der Waals surface area contributed by atoms with Gasteiger partial charge in [-0.1, -0.05) is 30.3 Å². The molecule has 90 valence electrons. The fraction of sp³-hybridized carbons (Fsp3) is 0.333. The molecule has 1 N–H and O–H groups in total. The predicted molar refractivity (Wildman–Crippen MR) is 73.4 cm³/mol. The standard InChI is InChI=1S/C15H18OS/c1-12-10-14(11-17-12)15(16)9-5-8-13-6-3-2-4-7-13/h2-4,6-7,10-11,15-16H,5,8-9H2,1H3. The molecule has 17 heavy (non-hydrogen) atoms. The Labute approximate surface area is 107 Å². The monoisotopic (exact) mass is 246 g/mol. The Morgan fingerprint density at radius 1 is 1.24 bits per heavy atom. The van der Waals surface area contributed by atoms with Crippen molar-refractivity contribution in [1.82, 2.24) is 0 Å². The van der Waals surface area contributed by atoms with Crippen molar-refractivity contribution in [1.29, 1.82) is 0 Å². The van der Waals surface area contributed by atoms with Crippen molar-refractivity contribution in [2.24, 2.45) is 0 Å². The summed E-state index contributed by atoms with van der Waals surface area (Å²) in [5.41, 5.74) is 2.42. The molecule has 2 heteroatoms. The zero-order chi connectivity index (χ0) is 12.1. The minimum Gasteiger partial charge on any atom is -0.388 e. The van der Waals surface area contributed by atoms with Crippen LogP contribution in [0.5, 0.6) is 0 Å². The summed E-state index contributed by atoms with van der Waals surface area (Å²) in [4.78, 5) is 1.27. The Kier molecular flexibility index (Phi) is 4.35. The van der Waals surface area contributed by atoms with Crippen molar-refractivity contribution < 1.29 is 5.11 Å². The van der Waals surface area contributed by atoms with Gasteiger partial charge in [0.25, 0.3) is 0 Å². The van der Waals surface area contributed by atoms with Crippen LogP contribution >= 0.6 is 11.3 Å². The average Bonchev–Trinajstić information content (AvgIpc) is 2.77. The van der Waals surface area contributed by atoms with Gasteiger partial charge >= 0.3 is 0 Å². The number of aliphatic hydroxyl groups is 1. The fourth-order valence-corrected chi connectivity index (χ4v) is 2.70. The molecule has 0 spiro atoms. The summed E-state index contributed by atoms with van der Waals surface area (Å²) in [6, 6.07) is 12.5. The zero-order valence-corrected chi connectivity index (χ0v) is 10.9. The lowest BCUT2D eigenvalue weighted by Gasteiger charge is -2.08. The highest BCUT2D eigenvalue weighted by molar-refractivity contribution is 7.10. The van der Waals surface area contributed by atoms with Crippen LogP contribution in [-0.2, 0) is 6.42 Å². The van der Waals surface area contributed by atoms with E-state index in [0.717, 1.165) is 24.8 Å². The number of benzene rings is 1. The Hall–Kier alpha value is -1.12. The van der Waals surface area contributed by atoms with Gasteiger partial charge in [-0.25, -0.2) is 0 Å². The van der Waals surface area contributed by atoms with E-state index in [-0.39, 0.29) is 6.10 Å². The second kappa shape index (κ2) is 5.99. The third-order valence-electron chi connectivity index (χ3n) is 2.92. The Morgan fingerprint density at radius 3 is 2.65 bits per heavy atom. The van der Waals surface area contributed by atoms with E-state index in [1.54, 1.807) is 11.3 Å². The van der Waals surface area contributed by atoms with Crippen molar-refractivity contribution in [3.05, 3.63) is 57.8 Å². The maximum absolute atomic E-state index is 10.0. The van der Waals surface area contributed by atoms with Crippen LogP contribution < -0.4 is 0 Å². The number of rotatable bonds is 5. The Bertz CT molecular complexity index is 447. The van der Waals surface area contributed by atoms with Crippen molar-refractivity contribution in [3.63, 3.8) is 0 Å². The molecule has 1 heterocycles. The van der Waals surface area contributed by atoms with Crippen LogP contribution in [0, 0.1) is 6.92 Å². The molecule has 0 amide bonds. The summed E-state index contributed by atoms with van der Waals surface area (Å²) in [7, 11) is 0. The van der Waals surface area contributed by atoms with Gasteiger partial charge in [-0.15, -0.1) is 11.3 Å². The van der Waals surface area contributed by atoms with Gasteiger partial charge in [0.05, 0.1) is 6.10 Å². The van der Waals surface area contributed by atoms with E-state index in [2.05, 4.69) is 42.6 Å². The molecule has 1 aromatic carbocycles. The van der Waals surface area contributed by atoms with Crippen molar-refractivity contribution in [3.8, 4) is 0 Å². The van der Waals surface area contributed by atoms with Gasteiger partial charge in [-0.2, -0.15) is 0 Å². The second-order valence-electron chi connectivity index (χ2n) is 4.38. The smallest absolute Gasteiger partial charge is 0.0798 e. The third-order valence-corrected chi connectivity index (χ3v) is 3.80. The van der Waals surface area contributed by atoms with E-state index in [0.29, 0.717) is 0 Å². The molecule has 0 aliphatic heterocycles. The van der Waals surface area contributed by atoms with E-state index in [9.17, 15) is 5.11 Å². The molecule has 1 atom stereocenters. The molecule has 2 aromatic rings. The van der Waals surface area contributed by atoms with Crippen molar-refractivity contribution in [2.75, 3.05) is 0 Å². The number of thiophene rings is 1. The largest absolute Gasteiger partial charge is 0.388 e. The normalized spacial score (nSPS) is 12.6. The van der Waals surface area contributed by atoms with Gasteiger partial charge in [0, 0.05) is 4.88 Å². The highest BCUT2D eigenvalue weighted by Gasteiger charge is 2.08. The van der Waals surface area contributed by atoms with E-state index >= 15 is 0 Å². The highest BCUT2D eigenvalue weighted by atomic mass is 32.1. The molecule has 0 saturated heterocycles.